The van der Waals surface area contributed by atoms with Gasteiger partial charge in [0.1, 0.15) is 23.3 Å². The van der Waals surface area contributed by atoms with Crippen LogP contribution in [0.3, 0.4) is 0 Å². The Morgan fingerprint density at radius 2 is 1.96 bits per heavy atom. The molecule has 0 radical (unpaired) electrons. The first-order valence-electron chi connectivity index (χ1n) is 8.97. The van der Waals surface area contributed by atoms with Gasteiger partial charge in [-0.25, -0.2) is 0 Å². The molecular formula is C21H21N3O2S. The van der Waals surface area contributed by atoms with Crippen molar-refractivity contribution in [2.24, 2.45) is 0 Å². The monoisotopic (exact) mass is 379 g/mol. The first-order chi connectivity index (χ1) is 13.2. The average Bonchev–Trinajstić information content (AvgIpc) is 3.26. The van der Waals surface area contributed by atoms with E-state index in [-0.39, 0.29) is 12.1 Å². The molecule has 3 heterocycles. The number of ether oxygens (including phenoxy) is 1. The van der Waals surface area contributed by atoms with Gasteiger partial charge in [0, 0.05) is 11.9 Å². The van der Waals surface area contributed by atoms with Crippen LogP contribution in [0.15, 0.2) is 65.2 Å². The fraction of sp³-hybridized carbons (Fsp3) is 0.238. The largest absolute Gasteiger partial charge is 0.494 e. The molecule has 1 aliphatic heterocycles. The molecule has 0 amide bonds. The summed E-state index contributed by atoms with van der Waals surface area (Å²) in [4.78, 5) is 6.62. The maximum Gasteiger partial charge on any atom is 0.174 e. The number of thiocarbonyl (C=S) groups is 1. The molecule has 1 aliphatic rings. The molecule has 1 saturated heterocycles. The Bertz CT molecular complexity index is 924. The summed E-state index contributed by atoms with van der Waals surface area (Å²) in [5, 5.41) is 4.07. The highest BCUT2D eigenvalue weighted by molar-refractivity contribution is 7.80. The second-order valence-corrected chi connectivity index (χ2v) is 6.76. The van der Waals surface area contributed by atoms with E-state index >= 15 is 0 Å². The second-order valence-electron chi connectivity index (χ2n) is 6.37. The lowest BCUT2D eigenvalue weighted by Gasteiger charge is -2.26. The Balaban J connectivity index is 1.75. The number of pyridine rings is 1. The Kier molecular flexibility index (Phi) is 4.81. The number of rotatable bonds is 5. The zero-order valence-electron chi connectivity index (χ0n) is 15.3. The van der Waals surface area contributed by atoms with E-state index in [4.69, 9.17) is 21.4 Å². The maximum absolute atomic E-state index is 5.99. The Morgan fingerprint density at radius 1 is 1.15 bits per heavy atom. The van der Waals surface area contributed by atoms with E-state index < -0.39 is 0 Å². The highest BCUT2D eigenvalue weighted by atomic mass is 32.1. The van der Waals surface area contributed by atoms with Crippen LogP contribution in [0.1, 0.15) is 36.2 Å². The van der Waals surface area contributed by atoms with Crippen LogP contribution in [0.25, 0.3) is 0 Å². The minimum atomic E-state index is -0.126. The summed E-state index contributed by atoms with van der Waals surface area (Å²) in [6, 6.07) is 17.6. The van der Waals surface area contributed by atoms with Gasteiger partial charge in [-0.05, 0) is 74.6 Å². The molecule has 0 spiro atoms. The van der Waals surface area contributed by atoms with Gasteiger partial charge in [0.25, 0.3) is 0 Å². The predicted molar refractivity (Wildman–Crippen MR) is 109 cm³/mol. The number of furan rings is 1. The van der Waals surface area contributed by atoms with E-state index in [1.165, 1.54) is 0 Å². The third-order valence-electron chi connectivity index (χ3n) is 4.58. The summed E-state index contributed by atoms with van der Waals surface area (Å²) in [5.41, 5.74) is 1.90. The fourth-order valence-electron chi connectivity index (χ4n) is 3.40. The van der Waals surface area contributed by atoms with Gasteiger partial charge in [-0.15, -0.1) is 0 Å². The van der Waals surface area contributed by atoms with Gasteiger partial charge in [0.05, 0.1) is 18.3 Å². The summed E-state index contributed by atoms with van der Waals surface area (Å²) in [5.74, 6) is 2.56. The molecule has 1 N–H and O–H groups in total. The molecule has 1 aromatic carbocycles. The molecule has 3 aromatic rings. The zero-order chi connectivity index (χ0) is 18.8. The number of hydrogen-bond donors (Lipinski definition) is 1. The van der Waals surface area contributed by atoms with E-state index in [0.29, 0.717) is 11.7 Å². The van der Waals surface area contributed by atoms with E-state index in [1.807, 2.05) is 68.4 Å². The number of aryl methyl sites for hydroxylation is 1. The summed E-state index contributed by atoms with van der Waals surface area (Å²) in [6.07, 6.45) is 1.80. The first kappa shape index (κ1) is 17.5. The van der Waals surface area contributed by atoms with E-state index in [1.54, 1.807) is 6.20 Å². The van der Waals surface area contributed by atoms with Crippen molar-refractivity contribution in [3.05, 3.63) is 78.0 Å². The van der Waals surface area contributed by atoms with Crippen LogP contribution in [0.2, 0.25) is 0 Å². The van der Waals surface area contributed by atoms with Gasteiger partial charge >= 0.3 is 0 Å². The first-order valence-corrected chi connectivity index (χ1v) is 9.38. The molecule has 2 aromatic heterocycles. The normalized spacial score (nSPS) is 19.2. The van der Waals surface area contributed by atoms with Crippen molar-refractivity contribution < 1.29 is 9.15 Å². The standard InChI is InChI=1S/C21H21N3O2S/c1-3-25-16-10-8-15(9-11-16)24-20(18-12-7-14(2)26-18)19(23-21(24)27)17-6-4-5-13-22-17/h4-13,19-20H,3H2,1-2H3,(H,23,27). The van der Waals surface area contributed by atoms with Crippen LogP contribution in [0.4, 0.5) is 5.69 Å². The van der Waals surface area contributed by atoms with Crippen LogP contribution in [0.5, 0.6) is 5.75 Å². The molecule has 1 fully saturated rings. The summed E-state index contributed by atoms with van der Waals surface area (Å²) in [7, 11) is 0. The van der Waals surface area contributed by atoms with E-state index in [9.17, 15) is 0 Å². The molecule has 138 valence electrons. The number of nitrogens with one attached hydrogen (secondary N) is 1. The van der Waals surface area contributed by atoms with Crippen molar-refractivity contribution in [1.82, 2.24) is 10.3 Å². The lowest BCUT2D eigenvalue weighted by Crippen LogP contribution is -2.29. The lowest BCUT2D eigenvalue weighted by atomic mass is 10.0. The van der Waals surface area contributed by atoms with Gasteiger partial charge in [-0.1, -0.05) is 6.07 Å². The van der Waals surface area contributed by atoms with Crippen LogP contribution < -0.4 is 15.0 Å². The van der Waals surface area contributed by atoms with Gasteiger partial charge in [-0.2, -0.15) is 0 Å². The molecule has 5 nitrogen and oxygen atoms in total. The van der Waals surface area contributed by atoms with Crippen LogP contribution in [-0.2, 0) is 0 Å². The summed E-state index contributed by atoms with van der Waals surface area (Å²) < 4.78 is 11.5. The number of anilines is 1. The topological polar surface area (TPSA) is 50.5 Å². The minimum Gasteiger partial charge on any atom is -0.494 e. The number of benzene rings is 1. The van der Waals surface area contributed by atoms with E-state index in [0.717, 1.165) is 28.7 Å². The van der Waals surface area contributed by atoms with Crippen molar-refractivity contribution in [2.75, 3.05) is 11.5 Å². The lowest BCUT2D eigenvalue weighted by molar-refractivity contribution is 0.340. The Morgan fingerprint density at radius 3 is 2.59 bits per heavy atom. The van der Waals surface area contributed by atoms with Crippen LogP contribution in [0, 0.1) is 6.92 Å². The number of hydrogen-bond acceptors (Lipinski definition) is 4. The molecule has 4 rings (SSSR count). The van der Waals surface area contributed by atoms with Crippen molar-refractivity contribution in [3.8, 4) is 5.75 Å². The van der Waals surface area contributed by atoms with Crippen molar-refractivity contribution >= 4 is 23.0 Å². The fourth-order valence-corrected chi connectivity index (χ4v) is 3.75. The van der Waals surface area contributed by atoms with Gasteiger partial charge in [0.2, 0.25) is 0 Å². The molecule has 2 unspecified atom stereocenters. The van der Waals surface area contributed by atoms with Crippen molar-refractivity contribution in [2.45, 2.75) is 25.9 Å². The predicted octanol–water partition coefficient (Wildman–Crippen LogP) is 4.56. The second kappa shape index (κ2) is 7.40. The SMILES string of the molecule is CCOc1ccc(N2C(=S)NC(c3ccccn3)C2c2ccc(C)o2)cc1. The minimum absolute atomic E-state index is 0.101. The third-order valence-corrected chi connectivity index (χ3v) is 4.89. The molecule has 0 aliphatic carbocycles. The summed E-state index contributed by atoms with van der Waals surface area (Å²) >= 11 is 5.68. The molecule has 6 heteroatoms. The smallest absolute Gasteiger partial charge is 0.174 e. The van der Waals surface area contributed by atoms with Gasteiger partial charge in [0.15, 0.2) is 5.11 Å². The van der Waals surface area contributed by atoms with Crippen LogP contribution >= 0.6 is 12.2 Å². The summed E-state index contributed by atoms with van der Waals surface area (Å²) in [6.45, 7) is 4.56. The average molecular weight is 379 g/mol. The van der Waals surface area contributed by atoms with Gasteiger partial charge < -0.3 is 19.4 Å². The van der Waals surface area contributed by atoms with Crippen molar-refractivity contribution in [3.63, 3.8) is 0 Å². The number of nitrogens with zero attached hydrogens (tertiary/aromatic N) is 2. The molecule has 2 atom stereocenters. The molecule has 0 saturated carbocycles. The van der Waals surface area contributed by atoms with Crippen LogP contribution in [-0.4, -0.2) is 16.7 Å². The van der Waals surface area contributed by atoms with E-state index in [2.05, 4.69) is 15.2 Å². The number of aromatic nitrogens is 1. The Hall–Kier alpha value is -2.86. The molecule has 27 heavy (non-hydrogen) atoms. The molecule has 0 bridgehead atoms. The van der Waals surface area contributed by atoms with Gasteiger partial charge in [-0.3, -0.25) is 4.98 Å². The third kappa shape index (κ3) is 3.40. The van der Waals surface area contributed by atoms with Crippen molar-refractivity contribution in [1.29, 1.82) is 0 Å². The molecular weight excluding hydrogens is 358 g/mol. The zero-order valence-corrected chi connectivity index (χ0v) is 16.1. The highest BCUT2D eigenvalue weighted by Crippen LogP contribution is 2.42. The highest BCUT2D eigenvalue weighted by Gasteiger charge is 2.42. The maximum atomic E-state index is 5.99. The quantitative estimate of drug-likeness (QED) is 0.656. The Labute approximate surface area is 164 Å².